The molecule has 0 aromatic carbocycles. The zero-order valence-corrected chi connectivity index (χ0v) is 17.4. The molecule has 0 radical (unpaired) electrons. The molecule has 2 rings (SSSR count). The molecule has 0 amide bonds. The highest BCUT2D eigenvalue weighted by Gasteiger charge is 1.98. The van der Waals surface area contributed by atoms with E-state index in [1.54, 1.807) is 42.2 Å². The fourth-order valence-electron chi connectivity index (χ4n) is 1.73. The zero-order valence-electron chi connectivity index (χ0n) is 17.4. The van der Waals surface area contributed by atoms with E-state index in [0.717, 1.165) is 0 Å². The van der Waals surface area contributed by atoms with Crippen molar-refractivity contribution in [1.82, 2.24) is 9.13 Å². The maximum atomic E-state index is 11.0. The normalized spacial score (nSPS) is 9.24. The third-order valence-electron chi connectivity index (χ3n) is 3.19. The van der Waals surface area contributed by atoms with Crippen LogP contribution >= 0.6 is 0 Å². The number of aromatic nitrogens is 2. The van der Waals surface area contributed by atoms with Gasteiger partial charge in [-0.15, -0.1) is 0 Å². The molecule has 0 bridgehead atoms. The van der Waals surface area contributed by atoms with Crippen molar-refractivity contribution in [1.29, 1.82) is 0 Å². The van der Waals surface area contributed by atoms with Crippen LogP contribution in [0.2, 0.25) is 0 Å². The fraction of sp³-hybridized carbons (Fsp3) is 0.524. The van der Waals surface area contributed by atoms with Crippen LogP contribution in [-0.4, -0.2) is 9.13 Å². The molecule has 0 fully saturated rings. The number of hydrogen-bond acceptors (Lipinski definition) is 2. The predicted molar refractivity (Wildman–Crippen MR) is 110 cm³/mol. The second-order valence-electron chi connectivity index (χ2n) is 5.64. The average molecular weight is 349 g/mol. The van der Waals surface area contributed by atoms with E-state index >= 15 is 0 Å². The van der Waals surface area contributed by atoms with Crippen molar-refractivity contribution in [3.05, 3.63) is 69.0 Å². The number of aryl methyl sites for hydroxylation is 1. The van der Waals surface area contributed by atoms with Crippen molar-refractivity contribution >= 4 is 0 Å². The molecule has 0 N–H and O–H groups in total. The lowest BCUT2D eigenvalue weighted by atomic mass is 10.1. The topological polar surface area (TPSA) is 44.0 Å². The molecule has 2 aromatic rings. The summed E-state index contributed by atoms with van der Waals surface area (Å²) < 4.78 is 3.59. The van der Waals surface area contributed by atoms with E-state index in [9.17, 15) is 9.59 Å². The van der Waals surface area contributed by atoms with Crippen LogP contribution in [0.25, 0.3) is 0 Å². The molecule has 0 unspecified atom stereocenters. The Bertz CT molecular complexity index is 662. The predicted octanol–water partition coefficient (Wildman–Crippen LogP) is 4.99. The van der Waals surface area contributed by atoms with E-state index in [1.165, 1.54) is 5.56 Å². The summed E-state index contributed by atoms with van der Waals surface area (Å²) >= 11 is 0. The number of nitrogens with zero attached hydrogens (tertiary/aromatic N) is 2. The molecular formula is C21H36N2O2. The lowest BCUT2D eigenvalue weighted by molar-refractivity contribution is 0.595. The molecule has 4 heteroatoms. The molecule has 0 spiro atoms. The van der Waals surface area contributed by atoms with Gasteiger partial charge in [0.05, 0.1) is 0 Å². The highest BCUT2D eigenvalue weighted by molar-refractivity contribution is 5.13. The largest absolute Gasteiger partial charge is 0.352 e. The third-order valence-corrected chi connectivity index (χ3v) is 3.19. The Morgan fingerprint density at radius 2 is 1.28 bits per heavy atom. The summed E-state index contributed by atoms with van der Waals surface area (Å²) in [7, 11) is 1.77. The van der Waals surface area contributed by atoms with Crippen LogP contribution in [0.4, 0.5) is 0 Å². The molecule has 0 saturated carbocycles. The second-order valence-corrected chi connectivity index (χ2v) is 5.64. The van der Waals surface area contributed by atoms with Gasteiger partial charge in [0, 0.05) is 49.9 Å². The van der Waals surface area contributed by atoms with E-state index in [0.29, 0.717) is 12.0 Å². The van der Waals surface area contributed by atoms with E-state index in [1.807, 2.05) is 44.5 Å². The molecule has 2 aromatic heterocycles. The lowest BCUT2D eigenvalue weighted by Gasteiger charge is -2.07. The Kier molecular flexibility index (Phi) is 14.3. The number of rotatable bonds is 2. The first kappa shape index (κ1) is 25.1. The highest BCUT2D eigenvalue weighted by atomic mass is 16.1. The van der Waals surface area contributed by atoms with Crippen LogP contribution in [0, 0.1) is 0 Å². The lowest BCUT2D eigenvalue weighted by Crippen LogP contribution is -2.15. The summed E-state index contributed by atoms with van der Waals surface area (Å²) in [6, 6.07) is 7.06. The molecule has 25 heavy (non-hydrogen) atoms. The molecule has 0 saturated heterocycles. The molecule has 142 valence electrons. The first-order chi connectivity index (χ1) is 11.8. The van der Waals surface area contributed by atoms with Gasteiger partial charge in [-0.2, -0.15) is 0 Å². The fourth-order valence-corrected chi connectivity index (χ4v) is 1.73. The summed E-state index contributed by atoms with van der Waals surface area (Å²) in [4.78, 5) is 21.6. The second kappa shape index (κ2) is 14.3. The average Bonchev–Trinajstić information content (AvgIpc) is 2.61. The number of pyridine rings is 2. The molecule has 0 aliphatic heterocycles. The Labute approximate surface area is 153 Å². The van der Waals surface area contributed by atoms with Gasteiger partial charge >= 0.3 is 0 Å². The SMILES string of the molecule is CC.CC.CC(C)c1ccc(=O)n(C)c1.CC(C)n1ccc(=O)cc1. The van der Waals surface area contributed by atoms with Gasteiger partial charge in [0.15, 0.2) is 5.43 Å². The molecule has 0 aliphatic carbocycles. The van der Waals surface area contributed by atoms with E-state index in [2.05, 4.69) is 27.7 Å². The minimum absolute atomic E-state index is 0.0504. The molecule has 4 nitrogen and oxygen atoms in total. The quantitative estimate of drug-likeness (QED) is 0.767. The van der Waals surface area contributed by atoms with Crippen molar-refractivity contribution in [2.24, 2.45) is 7.05 Å². The van der Waals surface area contributed by atoms with Gasteiger partial charge in [-0.1, -0.05) is 47.6 Å². The van der Waals surface area contributed by atoms with Gasteiger partial charge in [-0.05, 0) is 25.3 Å². The highest BCUT2D eigenvalue weighted by Crippen LogP contribution is 2.10. The van der Waals surface area contributed by atoms with Gasteiger partial charge in [-0.3, -0.25) is 9.59 Å². The molecular weight excluding hydrogens is 312 g/mol. The molecule has 0 atom stereocenters. The number of hydrogen-bond donors (Lipinski definition) is 0. The van der Waals surface area contributed by atoms with Gasteiger partial charge in [-0.25, -0.2) is 0 Å². The van der Waals surface area contributed by atoms with Gasteiger partial charge < -0.3 is 9.13 Å². The summed E-state index contributed by atoms with van der Waals surface area (Å²) in [5, 5.41) is 0. The summed E-state index contributed by atoms with van der Waals surface area (Å²) in [5.41, 5.74) is 1.32. The first-order valence-electron chi connectivity index (χ1n) is 9.15. The van der Waals surface area contributed by atoms with Crippen molar-refractivity contribution in [2.45, 2.75) is 67.3 Å². The Balaban J connectivity index is 0. The molecule has 2 heterocycles. The Hall–Kier alpha value is -2.10. The van der Waals surface area contributed by atoms with Crippen LogP contribution in [0.5, 0.6) is 0 Å². The minimum atomic E-state index is 0.0504. The first-order valence-corrected chi connectivity index (χ1v) is 9.15. The van der Waals surface area contributed by atoms with Gasteiger partial charge in [0.1, 0.15) is 0 Å². The third kappa shape index (κ3) is 10.4. The summed E-state index contributed by atoms with van der Waals surface area (Å²) in [6.07, 6.45) is 5.48. The van der Waals surface area contributed by atoms with E-state index in [4.69, 9.17) is 0 Å². The monoisotopic (exact) mass is 348 g/mol. The summed E-state index contributed by atoms with van der Waals surface area (Å²) in [6.45, 7) is 16.4. The van der Waals surface area contributed by atoms with Crippen molar-refractivity contribution in [2.75, 3.05) is 0 Å². The molecule has 0 aliphatic rings. The maximum absolute atomic E-state index is 11.0. The van der Waals surface area contributed by atoms with Gasteiger partial charge in [0.25, 0.3) is 0 Å². The van der Waals surface area contributed by atoms with E-state index in [-0.39, 0.29) is 11.0 Å². The van der Waals surface area contributed by atoms with Gasteiger partial charge in [0.2, 0.25) is 5.56 Å². The van der Waals surface area contributed by atoms with Crippen LogP contribution in [0.15, 0.2) is 52.4 Å². The van der Waals surface area contributed by atoms with Crippen LogP contribution in [0.3, 0.4) is 0 Å². The van der Waals surface area contributed by atoms with Crippen molar-refractivity contribution in [3.63, 3.8) is 0 Å². The minimum Gasteiger partial charge on any atom is -0.352 e. The zero-order chi connectivity index (χ0) is 20.0. The standard InChI is InChI=1S/C9H13NO.C8H11NO.2C2H6/c1-7(2)8-4-5-9(11)10(3)6-8;1-7(2)9-5-3-8(10)4-6-9;2*1-2/h4-7H,1-3H3;3-7H,1-2H3;2*1-2H3. The van der Waals surface area contributed by atoms with E-state index < -0.39 is 0 Å². The Morgan fingerprint density at radius 1 is 0.800 bits per heavy atom. The van der Waals surface area contributed by atoms with Crippen molar-refractivity contribution in [3.8, 4) is 0 Å². The van der Waals surface area contributed by atoms with Crippen molar-refractivity contribution < 1.29 is 0 Å². The van der Waals surface area contributed by atoms with Crippen LogP contribution in [-0.2, 0) is 7.05 Å². The van der Waals surface area contributed by atoms with Crippen LogP contribution in [0.1, 0.15) is 72.9 Å². The Morgan fingerprint density at radius 3 is 1.64 bits per heavy atom. The summed E-state index contributed by atoms with van der Waals surface area (Å²) in [5.74, 6) is 0.488. The van der Waals surface area contributed by atoms with Crippen LogP contribution < -0.4 is 11.0 Å². The smallest absolute Gasteiger partial charge is 0.250 e. The maximum Gasteiger partial charge on any atom is 0.250 e.